The molecule has 1 aliphatic heterocycles. The van der Waals surface area contributed by atoms with E-state index in [1.807, 2.05) is 12.1 Å². The Morgan fingerprint density at radius 3 is 1.80 bits per heavy atom. The third kappa shape index (κ3) is 1.03. The molecule has 5 rings (SSSR count). The van der Waals surface area contributed by atoms with Gasteiger partial charge >= 0.3 is 0 Å². The molecule has 4 aromatic rings. The molecular weight excluding hydrogens is 270 g/mol. The van der Waals surface area contributed by atoms with Crippen LogP contribution in [-0.4, -0.2) is 11.8 Å². The van der Waals surface area contributed by atoms with Crippen LogP contribution in [0, 0.1) is 0 Å². The Morgan fingerprint density at radius 2 is 1.30 bits per heavy atom. The van der Waals surface area contributed by atoms with Crippen LogP contribution in [0.2, 0.25) is 0 Å². The number of nitrogens with one attached hydrogen (secondary N) is 1. The summed E-state index contributed by atoms with van der Waals surface area (Å²) in [4.78, 5) is 23.8. The molecule has 20 heavy (non-hydrogen) atoms. The molecule has 0 saturated heterocycles. The maximum Gasteiger partial charge on any atom is 0.260 e. The molecule has 0 fully saturated rings. The molecule has 0 spiro atoms. The number of rotatable bonds is 0. The Labute approximate surface area is 117 Å². The lowest BCUT2D eigenvalue weighted by atomic mass is 9.99. The first kappa shape index (κ1) is 10.3. The molecule has 1 N–H and O–H groups in total. The van der Waals surface area contributed by atoms with Crippen molar-refractivity contribution in [3.8, 4) is 0 Å². The van der Waals surface area contributed by atoms with Gasteiger partial charge in [0, 0.05) is 20.2 Å². The van der Waals surface area contributed by atoms with E-state index < -0.39 is 0 Å². The summed E-state index contributed by atoms with van der Waals surface area (Å²) in [6.07, 6.45) is 0. The highest BCUT2D eigenvalue weighted by molar-refractivity contribution is 7.27. The van der Waals surface area contributed by atoms with Gasteiger partial charge in [-0.05, 0) is 22.9 Å². The second kappa shape index (κ2) is 3.16. The van der Waals surface area contributed by atoms with Crippen LogP contribution >= 0.6 is 11.3 Å². The maximum absolute atomic E-state index is 11.9. The van der Waals surface area contributed by atoms with Crippen LogP contribution in [0.1, 0.15) is 20.7 Å². The van der Waals surface area contributed by atoms with Gasteiger partial charge in [0.15, 0.2) is 0 Å². The third-order valence-electron chi connectivity index (χ3n) is 3.96. The lowest BCUT2D eigenvalue weighted by Gasteiger charge is -2.02. The van der Waals surface area contributed by atoms with Crippen molar-refractivity contribution in [2.45, 2.75) is 0 Å². The number of carbonyl (C=O) groups excluding carboxylic acids is 2. The highest BCUT2D eigenvalue weighted by Gasteiger charge is 2.35. The molecule has 0 aliphatic carbocycles. The van der Waals surface area contributed by atoms with E-state index >= 15 is 0 Å². The van der Waals surface area contributed by atoms with Crippen molar-refractivity contribution in [2.24, 2.45) is 0 Å². The maximum atomic E-state index is 11.9. The first-order valence-corrected chi connectivity index (χ1v) is 7.12. The summed E-state index contributed by atoms with van der Waals surface area (Å²) in [6, 6.07) is 12.4. The zero-order valence-corrected chi connectivity index (χ0v) is 11.0. The van der Waals surface area contributed by atoms with Gasteiger partial charge in [0.1, 0.15) is 0 Å². The standard InChI is InChI=1S/C16H7NO2S/c18-15-11-12(16(19)17-15)14-10-6-8-4-2-1-3-7(8)5-9(10)13(11)20-14/h1-6H,(H,17,18,19). The molecule has 0 unspecified atom stereocenters. The Hall–Kier alpha value is -2.46. The number of carbonyl (C=O) groups is 2. The van der Waals surface area contributed by atoms with Crippen LogP contribution in [0.5, 0.6) is 0 Å². The fourth-order valence-electron chi connectivity index (χ4n) is 3.09. The molecule has 0 saturated carbocycles. The van der Waals surface area contributed by atoms with Gasteiger partial charge in [-0.15, -0.1) is 11.3 Å². The topological polar surface area (TPSA) is 46.2 Å². The highest BCUT2D eigenvalue weighted by Crippen LogP contribution is 2.46. The molecule has 2 aromatic heterocycles. The van der Waals surface area contributed by atoms with E-state index in [9.17, 15) is 9.59 Å². The van der Waals surface area contributed by atoms with E-state index in [0.717, 1.165) is 30.9 Å². The van der Waals surface area contributed by atoms with Gasteiger partial charge in [-0.25, -0.2) is 0 Å². The van der Waals surface area contributed by atoms with Crippen molar-refractivity contribution < 1.29 is 9.59 Å². The van der Waals surface area contributed by atoms with Gasteiger partial charge in [0.05, 0.1) is 11.1 Å². The van der Waals surface area contributed by atoms with E-state index in [2.05, 4.69) is 29.6 Å². The molecule has 3 heterocycles. The van der Waals surface area contributed by atoms with Gasteiger partial charge in [0.2, 0.25) is 0 Å². The van der Waals surface area contributed by atoms with Crippen LogP contribution in [0.15, 0.2) is 36.4 Å². The lowest BCUT2D eigenvalue weighted by Crippen LogP contribution is -2.20. The average molecular weight is 277 g/mol. The largest absolute Gasteiger partial charge is 0.288 e. The summed E-state index contributed by atoms with van der Waals surface area (Å²) in [5, 5.41) is 6.85. The second-order valence-corrected chi connectivity index (χ2v) is 6.06. The van der Waals surface area contributed by atoms with E-state index in [1.165, 1.54) is 0 Å². The van der Waals surface area contributed by atoms with E-state index in [1.54, 1.807) is 11.3 Å². The van der Waals surface area contributed by atoms with Gasteiger partial charge in [0.25, 0.3) is 11.8 Å². The van der Waals surface area contributed by atoms with Crippen molar-refractivity contribution >= 4 is 54.1 Å². The lowest BCUT2D eigenvalue weighted by molar-refractivity contribution is 0.0880. The molecule has 1 aliphatic rings. The Bertz CT molecular complexity index is 979. The van der Waals surface area contributed by atoms with Crippen LogP contribution < -0.4 is 5.32 Å². The molecule has 2 bridgehead atoms. The predicted molar refractivity (Wildman–Crippen MR) is 79.8 cm³/mol. The Kier molecular flexibility index (Phi) is 1.64. The number of thiophene rings is 2. The van der Waals surface area contributed by atoms with Crippen molar-refractivity contribution in [1.82, 2.24) is 5.32 Å². The quantitative estimate of drug-likeness (QED) is 0.395. The van der Waals surface area contributed by atoms with Gasteiger partial charge in [-0.1, -0.05) is 24.3 Å². The minimum absolute atomic E-state index is 0.263. The SMILES string of the molecule is O=C1NC(=O)c2c1c1sc2c2cc3ccccc3cc12. The van der Waals surface area contributed by atoms with Crippen LogP contribution in [-0.2, 0) is 0 Å². The molecule has 2 aromatic carbocycles. The number of fused-ring (bicyclic) bond motifs is 9. The summed E-state index contributed by atoms with van der Waals surface area (Å²) in [6.45, 7) is 0. The van der Waals surface area contributed by atoms with Gasteiger partial charge in [-0.3, -0.25) is 14.9 Å². The van der Waals surface area contributed by atoms with E-state index in [4.69, 9.17) is 0 Å². The van der Waals surface area contributed by atoms with Gasteiger partial charge in [-0.2, -0.15) is 0 Å². The third-order valence-corrected chi connectivity index (χ3v) is 5.22. The normalized spacial score (nSPS) is 14.6. The Morgan fingerprint density at radius 1 is 0.800 bits per heavy atom. The first-order valence-electron chi connectivity index (χ1n) is 6.30. The zero-order chi connectivity index (χ0) is 13.4. The number of benzene rings is 3. The zero-order valence-electron chi connectivity index (χ0n) is 10.2. The van der Waals surface area contributed by atoms with Crippen LogP contribution in [0.25, 0.3) is 30.9 Å². The molecule has 2 amide bonds. The molecule has 94 valence electrons. The summed E-state index contributed by atoms with van der Waals surface area (Å²) in [5.74, 6) is -0.525. The molecule has 0 radical (unpaired) electrons. The fourth-order valence-corrected chi connectivity index (χ4v) is 4.44. The average Bonchev–Trinajstić information content (AvgIpc) is 3.08. The van der Waals surface area contributed by atoms with Gasteiger partial charge < -0.3 is 0 Å². The number of imide groups is 1. The molecule has 0 atom stereocenters. The predicted octanol–water partition coefficient (Wildman–Crippen LogP) is 3.53. The molecule has 4 heteroatoms. The van der Waals surface area contributed by atoms with Crippen molar-refractivity contribution in [1.29, 1.82) is 0 Å². The van der Waals surface area contributed by atoms with Crippen molar-refractivity contribution in [3.05, 3.63) is 47.5 Å². The van der Waals surface area contributed by atoms with E-state index in [-0.39, 0.29) is 11.8 Å². The monoisotopic (exact) mass is 277 g/mol. The fraction of sp³-hybridized carbons (Fsp3) is 0. The Balaban J connectivity index is 2.05. The van der Waals surface area contributed by atoms with Crippen molar-refractivity contribution in [2.75, 3.05) is 0 Å². The summed E-state index contributed by atoms with van der Waals surface area (Å²) in [5.41, 5.74) is 1.13. The minimum Gasteiger partial charge on any atom is -0.288 e. The van der Waals surface area contributed by atoms with E-state index in [0.29, 0.717) is 11.1 Å². The summed E-state index contributed by atoms with van der Waals surface area (Å²) >= 11 is 1.55. The highest BCUT2D eigenvalue weighted by atomic mass is 32.1. The van der Waals surface area contributed by atoms with Crippen LogP contribution in [0.4, 0.5) is 0 Å². The number of hydrogen-bond donors (Lipinski definition) is 1. The molecule has 3 nitrogen and oxygen atoms in total. The van der Waals surface area contributed by atoms with Crippen molar-refractivity contribution in [3.63, 3.8) is 0 Å². The minimum atomic E-state index is -0.263. The second-order valence-electron chi connectivity index (χ2n) is 5.04. The molecular formula is C16H7NO2S. The first-order chi connectivity index (χ1) is 9.74. The smallest absolute Gasteiger partial charge is 0.260 e. The number of amides is 2. The van der Waals surface area contributed by atoms with Crippen LogP contribution in [0.3, 0.4) is 0 Å². The summed E-state index contributed by atoms with van der Waals surface area (Å²) in [7, 11) is 0. The summed E-state index contributed by atoms with van der Waals surface area (Å²) < 4.78 is 1.86. The number of hydrogen-bond acceptors (Lipinski definition) is 3.